The van der Waals surface area contributed by atoms with Crippen LogP contribution in [0.15, 0.2) is 30.3 Å². The molecule has 0 saturated carbocycles. The molecule has 140 valence electrons. The highest BCUT2D eigenvalue weighted by Gasteiger charge is 2.24. The molecule has 1 rings (SSSR count). The number of ether oxygens (including phenoxy) is 1. The highest BCUT2D eigenvalue weighted by atomic mass is 16.5. The molecular formula is C21H32O4. The number of carboxylic acids is 1. The van der Waals surface area contributed by atoms with Crippen molar-refractivity contribution in [3.8, 4) is 0 Å². The third kappa shape index (κ3) is 9.28. The van der Waals surface area contributed by atoms with E-state index in [0.717, 1.165) is 31.2 Å². The molecule has 0 amide bonds. The van der Waals surface area contributed by atoms with Crippen molar-refractivity contribution >= 4 is 11.9 Å². The fraction of sp³-hybridized carbons (Fsp3) is 0.619. The van der Waals surface area contributed by atoms with Crippen molar-refractivity contribution in [1.82, 2.24) is 0 Å². The Morgan fingerprint density at radius 2 is 1.76 bits per heavy atom. The van der Waals surface area contributed by atoms with Crippen LogP contribution in [0.25, 0.3) is 0 Å². The summed E-state index contributed by atoms with van der Waals surface area (Å²) in [6.45, 7) is 4.72. The van der Waals surface area contributed by atoms with Gasteiger partial charge in [-0.3, -0.25) is 9.59 Å². The molecule has 0 bridgehead atoms. The Hall–Kier alpha value is -1.84. The van der Waals surface area contributed by atoms with Crippen LogP contribution in [0.3, 0.4) is 0 Å². The third-order valence-electron chi connectivity index (χ3n) is 4.45. The van der Waals surface area contributed by atoms with Crippen molar-refractivity contribution in [3.05, 3.63) is 35.9 Å². The Morgan fingerprint density at radius 3 is 2.36 bits per heavy atom. The summed E-state index contributed by atoms with van der Waals surface area (Å²) in [5, 5.41) is 9.11. The number of aliphatic carboxylic acids is 1. The second-order valence-electron chi connectivity index (χ2n) is 6.77. The van der Waals surface area contributed by atoms with Crippen LogP contribution in [-0.4, -0.2) is 23.7 Å². The van der Waals surface area contributed by atoms with Crippen LogP contribution in [0.4, 0.5) is 0 Å². The maximum absolute atomic E-state index is 12.4. The molecule has 4 nitrogen and oxygen atoms in total. The number of carboxylic acid groups (broad SMARTS) is 1. The van der Waals surface area contributed by atoms with E-state index in [0.29, 0.717) is 18.9 Å². The van der Waals surface area contributed by atoms with Crippen molar-refractivity contribution in [1.29, 1.82) is 0 Å². The van der Waals surface area contributed by atoms with E-state index in [1.54, 1.807) is 0 Å². The van der Waals surface area contributed by atoms with Crippen molar-refractivity contribution in [2.24, 2.45) is 11.8 Å². The van der Waals surface area contributed by atoms with Gasteiger partial charge in [0.25, 0.3) is 0 Å². The summed E-state index contributed by atoms with van der Waals surface area (Å²) in [5.74, 6) is -1.60. The van der Waals surface area contributed by atoms with Crippen LogP contribution in [0.1, 0.15) is 64.4 Å². The first-order valence-corrected chi connectivity index (χ1v) is 9.49. The molecule has 1 aromatic rings. The van der Waals surface area contributed by atoms with Crippen LogP contribution < -0.4 is 0 Å². The molecule has 0 saturated heterocycles. The summed E-state index contributed by atoms with van der Waals surface area (Å²) >= 11 is 0. The molecule has 2 atom stereocenters. The molecular weight excluding hydrogens is 316 g/mol. The number of hydrogen-bond donors (Lipinski definition) is 1. The minimum Gasteiger partial charge on any atom is -0.481 e. The first-order chi connectivity index (χ1) is 12.1. The fourth-order valence-corrected chi connectivity index (χ4v) is 3.07. The minimum absolute atomic E-state index is 0.192. The van der Waals surface area contributed by atoms with Gasteiger partial charge in [0.05, 0.1) is 18.9 Å². The summed E-state index contributed by atoms with van der Waals surface area (Å²) in [6.07, 6.45) is 6.91. The Balaban J connectivity index is 2.58. The smallest absolute Gasteiger partial charge is 0.309 e. The van der Waals surface area contributed by atoms with E-state index in [9.17, 15) is 9.59 Å². The maximum Gasteiger partial charge on any atom is 0.309 e. The summed E-state index contributed by atoms with van der Waals surface area (Å²) in [5.41, 5.74) is 0.957. The standard InChI is InChI=1S/C21H32O4/c1-3-5-7-13-18(10-4-2)16-25-21(24)19(15-20(22)23)14-17-11-8-6-9-12-17/h6,8-9,11-12,18-19H,3-5,7,10,13-16H2,1-2H3,(H,22,23). The Morgan fingerprint density at radius 1 is 1.04 bits per heavy atom. The lowest BCUT2D eigenvalue weighted by atomic mass is 9.95. The highest BCUT2D eigenvalue weighted by Crippen LogP contribution is 2.19. The maximum atomic E-state index is 12.4. The Bertz CT molecular complexity index is 498. The summed E-state index contributed by atoms with van der Waals surface area (Å²) < 4.78 is 5.52. The van der Waals surface area contributed by atoms with Crippen LogP contribution in [0.5, 0.6) is 0 Å². The zero-order valence-corrected chi connectivity index (χ0v) is 15.6. The van der Waals surface area contributed by atoms with Crippen molar-refractivity contribution in [2.45, 2.75) is 65.2 Å². The van der Waals surface area contributed by atoms with E-state index in [1.165, 1.54) is 12.8 Å². The molecule has 0 aromatic heterocycles. The lowest BCUT2D eigenvalue weighted by Crippen LogP contribution is -2.25. The van der Waals surface area contributed by atoms with Crippen molar-refractivity contribution < 1.29 is 19.4 Å². The summed E-state index contributed by atoms with van der Waals surface area (Å²) in [4.78, 5) is 23.5. The quantitative estimate of drug-likeness (QED) is 0.408. The number of esters is 1. The average Bonchev–Trinajstić information content (AvgIpc) is 2.59. The van der Waals surface area contributed by atoms with Crippen molar-refractivity contribution in [2.75, 3.05) is 6.61 Å². The van der Waals surface area contributed by atoms with E-state index in [-0.39, 0.29) is 12.4 Å². The number of carbonyl (C=O) groups is 2. The van der Waals surface area contributed by atoms with E-state index >= 15 is 0 Å². The molecule has 2 unspecified atom stereocenters. The monoisotopic (exact) mass is 348 g/mol. The lowest BCUT2D eigenvalue weighted by molar-refractivity contribution is -0.154. The zero-order chi connectivity index (χ0) is 18.5. The Labute approximate surface area is 151 Å². The molecule has 0 aliphatic carbocycles. The molecule has 4 heteroatoms. The molecule has 0 aliphatic rings. The van der Waals surface area contributed by atoms with E-state index in [2.05, 4.69) is 13.8 Å². The molecule has 1 N–H and O–H groups in total. The number of benzene rings is 1. The predicted molar refractivity (Wildman–Crippen MR) is 99.4 cm³/mol. The van der Waals surface area contributed by atoms with Crippen LogP contribution in [0.2, 0.25) is 0 Å². The minimum atomic E-state index is -0.967. The number of rotatable bonds is 13. The molecule has 0 radical (unpaired) electrons. The van der Waals surface area contributed by atoms with Crippen LogP contribution >= 0.6 is 0 Å². The number of carbonyl (C=O) groups excluding carboxylic acids is 1. The van der Waals surface area contributed by atoms with E-state index in [4.69, 9.17) is 9.84 Å². The third-order valence-corrected chi connectivity index (χ3v) is 4.45. The number of hydrogen-bond acceptors (Lipinski definition) is 3. The van der Waals surface area contributed by atoms with Gasteiger partial charge in [-0.2, -0.15) is 0 Å². The van der Waals surface area contributed by atoms with Gasteiger partial charge in [0.15, 0.2) is 0 Å². The van der Waals surface area contributed by atoms with Gasteiger partial charge in [0.2, 0.25) is 0 Å². The molecule has 25 heavy (non-hydrogen) atoms. The van der Waals surface area contributed by atoms with Gasteiger partial charge in [0, 0.05) is 0 Å². The van der Waals surface area contributed by atoms with Gasteiger partial charge >= 0.3 is 11.9 Å². The first-order valence-electron chi connectivity index (χ1n) is 9.49. The highest BCUT2D eigenvalue weighted by molar-refractivity contribution is 5.79. The SMILES string of the molecule is CCCCCC(CCC)COC(=O)C(CC(=O)O)Cc1ccccc1. The first kappa shape index (κ1) is 21.2. The normalized spacial score (nSPS) is 13.2. The van der Waals surface area contributed by atoms with Gasteiger partial charge < -0.3 is 9.84 Å². The molecule has 0 aliphatic heterocycles. The van der Waals surface area contributed by atoms with E-state index in [1.807, 2.05) is 30.3 Å². The number of unbranched alkanes of at least 4 members (excludes halogenated alkanes) is 2. The molecule has 0 heterocycles. The lowest BCUT2D eigenvalue weighted by Gasteiger charge is -2.19. The van der Waals surface area contributed by atoms with Gasteiger partial charge in [-0.05, 0) is 30.7 Å². The Kier molecular flexibility index (Phi) is 10.6. The second-order valence-corrected chi connectivity index (χ2v) is 6.77. The summed E-state index contributed by atoms with van der Waals surface area (Å²) in [6, 6.07) is 9.51. The van der Waals surface area contributed by atoms with Gasteiger partial charge in [0.1, 0.15) is 0 Å². The molecule has 0 spiro atoms. The molecule has 0 fully saturated rings. The average molecular weight is 348 g/mol. The zero-order valence-electron chi connectivity index (χ0n) is 15.6. The second kappa shape index (κ2) is 12.5. The molecule has 1 aromatic carbocycles. The largest absolute Gasteiger partial charge is 0.481 e. The van der Waals surface area contributed by atoms with Gasteiger partial charge in [-0.25, -0.2) is 0 Å². The van der Waals surface area contributed by atoms with Gasteiger partial charge in [-0.15, -0.1) is 0 Å². The fourth-order valence-electron chi connectivity index (χ4n) is 3.07. The summed E-state index contributed by atoms with van der Waals surface area (Å²) in [7, 11) is 0. The van der Waals surface area contributed by atoms with Crippen molar-refractivity contribution in [3.63, 3.8) is 0 Å². The van der Waals surface area contributed by atoms with Gasteiger partial charge in [-0.1, -0.05) is 69.9 Å². The topological polar surface area (TPSA) is 63.6 Å². The van der Waals surface area contributed by atoms with Crippen LogP contribution in [-0.2, 0) is 20.7 Å². The predicted octanol–water partition coefficient (Wildman–Crippen LogP) is 4.86. The van der Waals surface area contributed by atoms with E-state index < -0.39 is 11.9 Å². The van der Waals surface area contributed by atoms with Crippen LogP contribution in [0, 0.1) is 11.8 Å².